The van der Waals surface area contributed by atoms with Crippen molar-refractivity contribution in [3.63, 3.8) is 0 Å². The van der Waals surface area contributed by atoms with Gasteiger partial charge in [-0.15, -0.1) is 0 Å². The number of aromatic amines is 1. The van der Waals surface area contributed by atoms with E-state index in [0.29, 0.717) is 5.92 Å². The first-order chi connectivity index (χ1) is 13.8. The summed E-state index contributed by atoms with van der Waals surface area (Å²) in [5.74, 6) is 1.41. The van der Waals surface area contributed by atoms with Gasteiger partial charge in [-0.2, -0.15) is 0 Å². The van der Waals surface area contributed by atoms with Crippen LogP contribution in [0.25, 0.3) is 21.8 Å². The fourth-order valence-corrected chi connectivity index (χ4v) is 4.05. The van der Waals surface area contributed by atoms with Gasteiger partial charge in [0.2, 0.25) is 0 Å². The summed E-state index contributed by atoms with van der Waals surface area (Å²) in [5.41, 5.74) is 2.95. The monoisotopic (exact) mass is 370 g/mol. The SMILES string of the molecule is O=C(Nc1cccc2ccccc12)N1CCC(c2nc3ccccc3[nH]2)CC1. The molecule has 28 heavy (non-hydrogen) atoms. The van der Waals surface area contributed by atoms with Crippen LogP contribution >= 0.6 is 0 Å². The highest BCUT2D eigenvalue weighted by Crippen LogP contribution is 2.29. The Kier molecular flexibility index (Phi) is 4.20. The van der Waals surface area contributed by atoms with Gasteiger partial charge in [0, 0.05) is 24.4 Å². The number of likely N-dealkylation sites (tertiary alicyclic amines) is 1. The number of nitrogens with zero attached hydrogens (tertiary/aromatic N) is 2. The van der Waals surface area contributed by atoms with Crippen molar-refractivity contribution in [1.29, 1.82) is 0 Å². The predicted octanol–water partition coefficient (Wildman–Crippen LogP) is 5.13. The highest BCUT2D eigenvalue weighted by Gasteiger charge is 2.26. The number of rotatable bonds is 2. The van der Waals surface area contributed by atoms with Crippen LogP contribution in [0.4, 0.5) is 10.5 Å². The van der Waals surface area contributed by atoms with E-state index in [-0.39, 0.29) is 6.03 Å². The molecule has 0 radical (unpaired) electrons. The lowest BCUT2D eigenvalue weighted by atomic mass is 9.96. The number of aromatic nitrogens is 2. The Hall–Kier alpha value is -3.34. The normalized spacial score (nSPS) is 15.2. The topological polar surface area (TPSA) is 61.0 Å². The number of carbonyl (C=O) groups excluding carboxylic acids is 1. The number of H-pyrrole nitrogens is 1. The Morgan fingerprint density at radius 3 is 2.57 bits per heavy atom. The van der Waals surface area contributed by atoms with Gasteiger partial charge in [0.25, 0.3) is 0 Å². The second-order valence-electron chi connectivity index (χ2n) is 7.36. The summed E-state index contributed by atoms with van der Waals surface area (Å²) < 4.78 is 0. The number of hydrogen-bond donors (Lipinski definition) is 2. The maximum atomic E-state index is 12.8. The first kappa shape index (κ1) is 16.8. The van der Waals surface area contributed by atoms with E-state index in [1.54, 1.807) is 0 Å². The van der Waals surface area contributed by atoms with Crippen LogP contribution in [0.5, 0.6) is 0 Å². The second kappa shape index (κ2) is 7.00. The molecule has 2 amide bonds. The minimum Gasteiger partial charge on any atom is -0.342 e. The lowest BCUT2D eigenvalue weighted by Gasteiger charge is -2.31. The van der Waals surface area contributed by atoms with Gasteiger partial charge in [0.1, 0.15) is 5.82 Å². The number of urea groups is 1. The van der Waals surface area contributed by atoms with Crippen molar-refractivity contribution in [3.8, 4) is 0 Å². The van der Waals surface area contributed by atoms with Gasteiger partial charge in [-0.3, -0.25) is 0 Å². The zero-order chi connectivity index (χ0) is 18.9. The van der Waals surface area contributed by atoms with Gasteiger partial charge in [0.15, 0.2) is 0 Å². The zero-order valence-corrected chi connectivity index (χ0v) is 15.6. The number of anilines is 1. The third-order valence-corrected chi connectivity index (χ3v) is 5.61. The number of para-hydroxylation sites is 2. The molecular formula is C23H22N4O. The molecule has 2 heterocycles. The van der Waals surface area contributed by atoms with E-state index in [4.69, 9.17) is 4.98 Å². The molecule has 1 aromatic heterocycles. The molecule has 5 nitrogen and oxygen atoms in total. The lowest BCUT2D eigenvalue weighted by Crippen LogP contribution is -2.40. The van der Waals surface area contributed by atoms with Crippen LogP contribution in [0, 0.1) is 0 Å². The molecule has 5 heteroatoms. The molecule has 1 saturated heterocycles. The second-order valence-corrected chi connectivity index (χ2v) is 7.36. The number of nitrogens with one attached hydrogen (secondary N) is 2. The molecule has 2 N–H and O–H groups in total. The standard InChI is InChI=1S/C23H22N4O/c28-23(26-19-11-5-7-16-6-1-2-8-18(16)19)27-14-12-17(13-15-27)22-24-20-9-3-4-10-21(20)25-22/h1-11,17H,12-15H2,(H,24,25)(H,26,28). The highest BCUT2D eigenvalue weighted by atomic mass is 16.2. The zero-order valence-electron chi connectivity index (χ0n) is 15.6. The summed E-state index contributed by atoms with van der Waals surface area (Å²) >= 11 is 0. The van der Waals surface area contributed by atoms with E-state index >= 15 is 0 Å². The minimum absolute atomic E-state index is 0.0283. The van der Waals surface area contributed by atoms with Crippen LogP contribution in [-0.2, 0) is 0 Å². The number of imidazole rings is 1. The number of piperidine rings is 1. The Bertz CT molecular complexity index is 1100. The Morgan fingerprint density at radius 1 is 0.964 bits per heavy atom. The van der Waals surface area contributed by atoms with Gasteiger partial charge in [-0.25, -0.2) is 9.78 Å². The molecule has 0 aliphatic carbocycles. The summed E-state index contributed by atoms with van der Waals surface area (Å²) in [6.07, 6.45) is 1.84. The van der Waals surface area contributed by atoms with Crippen LogP contribution < -0.4 is 5.32 Å². The maximum Gasteiger partial charge on any atom is 0.321 e. The maximum absolute atomic E-state index is 12.8. The quantitative estimate of drug-likeness (QED) is 0.514. The number of hydrogen-bond acceptors (Lipinski definition) is 2. The summed E-state index contributed by atoms with van der Waals surface area (Å²) in [7, 11) is 0. The molecule has 140 valence electrons. The number of amides is 2. The van der Waals surface area contributed by atoms with Crippen molar-refractivity contribution in [2.75, 3.05) is 18.4 Å². The lowest BCUT2D eigenvalue weighted by molar-refractivity contribution is 0.193. The van der Waals surface area contributed by atoms with Crippen LogP contribution in [0.1, 0.15) is 24.6 Å². The summed E-state index contributed by atoms with van der Waals surface area (Å²) in [6.45, 7) is 1.47. The number of benzene rings is 3. The molecule has 0 atom stereocenters. The molecule has 0 saturated carbocycles. The van der Waals surface area contributed by atoms with Gasteiger partial charge in [-0.1, -0.05) is 48.5 Å². The fourth-order valence-electron chi connectivity index (χ4n) is 4.05. The van der Waals surface area contributed by atoms with E-state index in [1.165, 1.54) is 0 Å². The average Bonchev–Trinajstić information content (AvgIpc) is 3.18. The molecule has 3 aromatic carbocycles. The van der Waals surface area contributed by atoms with Crippen molar-refractivity contribution in [2.24, 2.45) is 0 Å². The summed E-state index contributed by atoms with van der Waals surface area (Å²) in [4.78, 5) is 22.9. The summed E-state index contributed by atoms with van der Waals surface area (Å²) in [6, 6.07) is 22.2. The predicted molar refractivity (Wildman–Crippen MR) is 113 cm³/mol. The van der Waals surface area contributed by atoms with E-state index in [0.717, 1.165) is 59.2 Å². The van der Waals surface area contributed by atoms with Crippen LogP contribution in [-0.4, -0.2) is 34.0 Å². The molecule has 0 unspecified atom stereocenters. The molecule has 1 aliphatic heterocycles. The van der Waals surface area contributed by atoms with Crippen LogP contribution in [0.3, 0.4) is 0 Å². The third kappa shape index (κ3) is 3.09. The molecule has 1 aliphatic rings. The van der Waals surface area contributed by atoms with Crippen molar-refractivity contribution in [2.45, 2.75) is 18.8 Å². The van der Waals surface area contributed by atoms with E-state index in [2.05, 4.69) is 28.5 Å². The number of fused-ring (bicyclic) bond motifs is 2. The fraction of sp³-hybridized carbons (Fsp3) is 0.217. The van der Waals surface area contributed by atoms with E-state index < -0.39 is 0 Å². The van der Waals surface area contributed by atoms with Crippen LogP contribution in [0.15, 0.2) is 66.7 Å². The van der Waals surface area contributed by atoms with Crippen LogP contribution in [0.2, 0.25) is 0 Å². The number of carbonyl (C=O) groups is 1. The van der Waals surface area contributed by atoms with Crippen molar-refractivity contribution in [3.05, 3.63) is 72.6 Å². The largest absolute Gasteiger partial charge is 0.342 e. The molecular weight excluding hydrogens is 348 g/mol. The Balaban J connectivity index is 1.26. The van der Waals surface area contributed by atoms with Gasteiger partial charge in [-0.05, 0) is 36.4 Å². The Labute approximate surface area is 163 Å². The van der Waals surface area contributed by atoms with Crippen molar-refractivity contribution in [1.82, 2.24) is 14.9 Å². The van der Waals surface area contributed by atoms with Gasteiger partial charge in [0.05, 0.1) is 16.7 Å². The summed E-state index contributed by atoms with van der Waals surface area (Å²) in [5, 5.41) is 5.29. The molecule has 0 spiro atoms. The average molecular weight is 370 g/mol. The molecule has 4 aromatic rings. The molecule has 1 fully saturated rings. The van der Waals surface area contributed by atoms with Crippen molar-refractivity contribution < 1.29 is 4.79 Å². The van der Waals surface area contributed by atoms with E-state index in [9.17, 15) is 4.79 Å². The Morgan fingerprint density at radius 2 is 1.71 bits per heavy atom. The first-order valence-corrected chi connectivity index (χ1v) is 9.76. The minimum atomic E-state index is -0.0283. The molecule has 5 rings (SSSR count). The van der Waals surface area contributed by atoms with Crippen molar-refractivity contribution >= 4 is 33.5 Å². The third-order valence-electron chi connectivity index (χ3n) is 5.61. The highest BCUT2D eigenvalue weighted by molar-refractivity contribution is 6.01. The van der Waals surface area contributed by atoms with E-state index in [1.807, 2.05) is 53.4 Å². The van der Waals surface area contributed by atoms with Gasteiger partial charge < -0.3 is 15.2 Å². The smallest absolute Gasteiger partial charge is 0.321 e. The van der Waals surface area contributed by atoms with Gasteiger partial charge >= 0.3 is 6.03 Å². The first-order valence-electron chi connectivity index (χ1n) is 9.76. The molecule has 0 bridgehead atoms.